The van der Waals surface area contributed by atoms with Crippen LogP contribution in [0.15, 0.2) is 0 Å². The molecular weight excluding hydrogens is 162 g/mol. The third-order valence-corrected chi connectivity index (χ3v) is 2.42. The van der Waals surface area contributed by atoms with E-state index in [0.29, 0.717) is 12.2 Å². The second-order valence-electron chi connectivity index (χ2n) is 5.17. The number of hydrogen-bond acceptors (Lipinski definition) is 2. The van der Waals surface area contributed by atoms with Gasteiger partial charge in [-0.1, -0.05) is 27.7 Å². The van der Waals surface area contributed by atoms with E-state index in [2.05, 4.69) is 20.8 Å². The quantitative estimate of drug-likeness (QED) is 0.730. The van der Waals surface area contributed by atoms with Crippen LogP contribution in [0.2, 0.25) is 0 Å². The smallest absolute Gasteiger partial charge is 0.137 e. The molecule has 2 atom stereocenters. The minimum absolute atomic E-state index is 0.00218. The standard InChI is InChI=1S/C11H23NO/c1-8(9(2)12)10(13)6-7-11(3,4)5/h8-9H,6-7,12H2,1-5H3. The van der Waals surface area contributed by atoms with Gasteiger partial charge in [0.1, 0.15) is 5.78 Å². The highest BCUT2D eigenvalue weighted by Gasteiger charge is 2.19. The lowest BCUT2D eigenvalue weighted by molar-refractivity contribution is -0.123. The van der Waals surface area contributed by atoms with E-state index in [1.165, 1.54) is 0 Å². The second kappa shape index (κ2) is 4.75. The highest BCUT2D eigenvalue weighted by atomic mass is 16.1. The number of carbonyl (C=O) groups excluding carboxylic acids is 1. The van der Waals surface area contributed by atoms with E-state index in [1.54, 1.807) is 0 Å². The van der Waals surface area contributed by atoms with E-state index in [0.717, 1.165) is 6.42 Å². The van der Waals surface area contributed by atoms with Gasteiger partial charge in [-0.2, -0.15) is 0 Å². The van der Waals surface area contributed by atoms with Gasteiger partial charge in [0, 0.05) is 18.4 Å². The fourth-order valence-electron chi connectivity index (χ4n) is 1.02. The van der Waals surface area contributed by atoms with Gasteiger partial charge in [0.2, 0.25) is 0 Å². The highest BCUT2D eigenvalue weighted by Crippen LogP contribution is 2.22. The van der Waals surface area contributed by atoms with E-state index >= 15 is 0 Å². The SMILES string of the molecule is CC(N)C(C)C(=O)CCC(C)(C)C. The third kappa shape index (κ3) is 5.81. The Labute approximate surface area is 81.9 Å². The van der Waals surface area contributed by atoms with Crippen LogP contribution in [-0.4, -0.2) is 11.8 Å². The van der Waals surface area contributed by atoms with Gasteiger partial charge < -0.3 is 5.73 Å². The normalized spacial score (nSPS) is 16.8. The molecule has 0 aromatic carbocycles. The van der Waals surface area contributed by atoms with Crippen molar-refractivity contribution < 1.29 is 4.79 Å². The molecule has 0 aliphatic heterocycles. The molecule has 78 valence electrons. The summed E-state index contributed by atoms with van der Waals surface area (Å²) in [6, 6.07) is -0.0209. The summed E-state index contributed by atoms with van der Waals surface area (Å²) >= 11 is 0. The zero-order chi connectivity index (χ0) is 10.6. The van der Waals surface area contributed by atoms with Gasteiger partial charge in [-0.15, -0.1) is 0 Å². The van der Waals surface area contributed by atoms with Crippen molar-refractivity contribution in [3.8, 4) is 0 Å². The Bertz CT molecular complexity index is 167. The first-order valence-electron chi connectivity index (χ1n) is 5.02. The lowest BCUT2D eigenvalue weighted by Gasteiger charge is -2.20. The molecule has 0 saturated heterocycles. The van der Waals surface area contributed by atoms with Crippen molar-refractivity contribution in [2.24, 2.45) is 17.1 Å². The van der Waals surface area contributed by atoms with Crippen LogP contribution in [0.4, 0.5) is 0 Å². The summed E-state index contributed by atoms with van der Waals surface area (Å²) in [4.78, 5) is 11.6. The maximum absolute atomic E-state index is 11.6. The van der Waals surface area contributed by atoms with Crippen LogP contribution in [0.25, 0.3) is 0 Å². The summed E-state index contributed by atoms with van der Waals surface area (Å²) in [5.74, 6) is 0.298. The molecule has 0 aromatic heterocycles. The first-order chi connectivity index (χ1) is 5.74. The molecule has 0 fully saturated rings. The van der Waals surface area contributed by atoms with Crippen molar-refractivity contribution in [2.45, 2.75) is 53.5 Å². The van der Waals surface area contributed by atoms with E-state index < -0.39 is 0 Å². The van der Waals surface area contributed by atoms with E-state index in [9.17, 15) is 4.79 Å². The van der Waals surface area contributed by atoms with Gasteiger partial charge in [0.15, 0.2) is 0 Å². The molecule has 2 nitrogen and oxygen atoms in total. The predicted octanol–water partition coefficient (Wildman–Crippen LogP) is 2.37. The first-order valence-corrected chi connectivity index (χ1v) is 5.02. The molecule has 2 heteroatoms. The van der Waals surface area contributed by atoms with Crippen LogP contribution in [0.1, 0.15) is 47.5 Å². The van der Waals surface area contributed by atoms with Gasteiger partial charge in [-0.25, -0.2) is 0 Å². The van der Waals surface area contributed by atoms with Gasteiger partial charge in [-0.3, -0.25) is 4.79 Å². The van der Waals surface area contributed by atoms with Gasteiger partial charge in [0.05, 0.1) is 0 Å². The summed E-state index contributed by atoms with van der Waals surface area (Å²) in [5.41, 5.74) is 5.90. The summed E-state index contributed by atoms with van der Waals surface area (Å²) in [7, 11) is 0. The van der Waals surface area contributed by atoms with E-state index in [4.69, 9.17) is 5.73 Å². The molecule has 0 amide bonds. The summed E-state index contributed by atoms with van der Waals surface area (Å²) < 4.78 is 0. The number of rotatable bonds is 4. The van der Waals surface area contributed by atoms with Crippen molar-refractivity contribution in [3.05, 3.63) is 0 Å². The molecule has 0 radical (unpaired) electrons. The van der Waals surface area contributed by atoms with Crippen LogP contribution in [0.5, 0.6) is 0 Å². The fraction of sp³-hybridized carbons (Fsp3) is 0.909. The molecule has 0 aliphatic carbocycles. The zero-order valence-electron chi connectivity index (χ0n) is 9.55. The van der Waals surface area contributed by atoms with Crippen molar-refractivity contribution in [2.75, 3.05) is 0 Å². The molecule has 0 heterocycles. The Morgan fingerprint density at radius 1 is 1.31 bits per heavy atom. The predicted molar refractivity (Wildman–Crippen MR) is 56.5 cm³/mol. The Morgan fingerprint density at radius 2 is 1.77 bits per heavy atom. The average molecular weight is 185 g/mol. The molecule has 2 N–H and O–H groups in total. The van der Waals surface area contributed by atoms with Gasteiger partial charge in [0.25, 0.3) is 0 Å². The van der Waals surface area contributed by atoms with Crippen molar-refractivity contribution in [3.63, 3.8) is 0 Å². The maximum atomic E-state index is 11.6. The molecule has 0 aromatic rings. The van der Waals surface area contributed by atoms with Crippen LogP contribution >= 0.6 is 0 Å². The van der Waals surface area contributed by atoms with Crippen LogP contribution in [0, 0.1) is 11.3 Å². The topological polar surface area (TPSA) is 43.1 Å². The second-order valence-corrected chi connectivity index (χ2v) is 5.17. The van der Waals surface area contributed by atoms with Crippen molar-refractivity contribution in [1.82, 2.24) is 0 Å². The van der Waals surface area contributed by atoms with Gasteiger partial charge >= 0.3 is 0 Å². The maximum Gasteiger partial charge on any atom is 0.137 e. The number of nitrogens with two attached hydrogens (primary N) is 1. The molecule has 2 unspecified atom stereocenters. The fourth-order valence-corrected chi connectivity index (χ4v) is 1.02. The third-order valence-electron chi connectivity index (χ3n) is 2.42. The Kier molecular flexibility index (Phi) is 4.62. The Balaban J connectivity index is 3.89. The highest BCUT2D eigenvalue weighted by molar-refractivity contribution is 5.81. The summed E-state index contributed by atoms with van der Waals surface area (Å²) in [6.45, 7) is 10.2. The summed E-state index contributed by atoms with van der Waals surface area (Å²) in [6.07, 6.45) is 1.61. The van der Waals surface area contributed by atoms with Crippen LogP contribution in [-0.2, 0) is 4.79 Å². The molecule has 0 spiro atoms. The summed E-state index contributed by atoms with van der Waals surface area (Å²) in [5, 5.41) is 0. The number of hydrogen-bond donors (Lipinski definition) is 1. The van der Waals surface area contributed by atoms with E-state index in [-0.39, 0.29) is 17.4 Å². The van der Waals surface area contributed by atoms with Crippen molar-refractivity contribution in [1.29, 1.82) is 0 Å². The van der Waals surface area contributed by atoms with Crippen LogP contribution in [0.3, 0.4) is 0 Å². The first kappa shape index (κ1) is 12.6. The van der Waals surface area contributed by atoms with Crippen LogP contribution < -0.4 is 5.73 Å². The Hall–Kier alpha value is -0.370. The minimum atomic E-state index is -0.0209. The molecule has 0 saturated carbocycles. The van der Waals surface area contributed by atoms with Crippen molar-refractivity contribution >= 4 is 5.78 Å². The molecule has 13 heavy (non-hydrogen) atoms. The molecular formula is C11H23NO. The Morgan fingerprint density at radius 3 is 2.08 bits per heavy atom. The van der Waals surface area contributed by atoms with E-state index in [1.807, 2.05) is 13.8 Å². The number of ketones is 1. The molecule has 0 bridgehead atoms. The zero-order valence-corrected chi connectivity index (χ0v) is 9.55. The molecule has 0 aliphatic rings. The average Bonchev–Trinajstić information content (AvgIpc) is 1.97. The number of carbonyl (C=O) groups is 1. The monoisotopic (exact) mass is 185 g/mol. The largest absolute Gasteiger partial charge is 0.327 e. The number of Topliss-reactive ketones (excluding diaryl/α,β-unsaturated/α-hetero) is 1. The molecule has 0 rings (SSSR count). The lowest BCUT2D eigenvalue weighted by atomic mass is 9.86. The lowest BCUT2D eigenvalue weighted by Crippen LogP contribution is -2.31. The minimum Gasteiger partial charge on any atom is -0.327 e. The van der Waals surface area contributed by atoms with Gasteiger partial charge in [-0.05, 0) is 18.8 Å².